The van der Waals surface area contributed by atoms with Crippen LogP contribution in [0.3, 0.4) is 0 Å². The minimum absolute atomic E-state index is 0.0644. The van der Waals surface area contributed by atoms with Crippen LogP contribution in [0.4, 0.5) is 29.3 Å². The van der Waals surface area contributed by atoms with E-state index in [9.17, 15) is 22.8 Å². The monoisotopic (exact) mass is 466 g/mol. The number of nitrogens with two attached hydrogens (primary N) is 1. The van der Waals surface area contributed by atoms with Crippen molar-refractivity contribution in [2.75, 3.05) is 24.2 Å². The number of nitrogens with one attached hydrogen (secondary N) is 2. The van der Waals surface area contributed by atoms with Gasteiger partial charge in [0.2, 0.25) is 0 Å². The molecule has 3 amide bonds. The van der Waals surface area contributed by atoms with E-state index in [1.165, 1.54) is 12.1 Å². The molecule has 1 heterocycles. The number of likely N-dealkylation sites (N-methyl/N-ethyl adjacent to an activating group) is 1. The number of carbonyl (C=O) groups is 2. The minimum Gasteiger partial charge on any atom is -0.458 e. The summed E-state index contributed by atoms with van der Waals surface area (Å²) in [5.41, 5.74) is 4.91. The van der Waals surface area contributed by atoms with Crippen molar-refractivity contribution in [3.05, 3.63) is 76.7 Å². The average Bonchev–Trinajstić information content (AvgIpc) is 2.71. The topological polar surface area (TPSA) is 96.7 Å². The van der Waals surface area contributed by atoms with Gasteiger partial charge in [0, 0.05) is 31.0 Å². The Morgan fingerprint density at radius 3 is 2.34 bits per heavy atom. The molecule has 0 fully saturated rings. The molecule has 0 atom stereocenters. The van der Waals surface area contributed by atoms with Crippen LogP contribution in [-0.2, 0) is 11.0 Å². The predicted molar refractivity (Wildman–Crippen MR) is 114 cm³/mol. The first-order valence-corrected chi connectivity index (χ1v) is 9.56. The maximum Gasteiger partial charge on any atom is 0.417 e. The van der Waals surface area contributed by atoms with Crippen molar-refractivity contribution in [1.29, 1.82) is 0 Å². The zero-order valence-electron chi connectivity index (χ0n) is 16.7. The van der Waals surface area contributed by atoms with E-state index >= 15 is 0 Å². The molecule has 2 aromatic carbocycles. The summed E-state index contributed by atoms with van der Waals surface area (Å²) in [5, 5.41) is 4.37. The van der Waals surface area contributed by atoms with E-state index in [0.29, 0.717) is 29.4 Å². The van der Waals surface area contributed by atoms with Gasteiger partial charge in [-0.25, -0.2) is 4.79 Å². The number of rotatable bonds is 5. The summed E-state index contributed by atoms with van der Waals surface area (Å²) in [6, 6.07) is 8.59. The molecule has 11 heteroatoms. The van der Waals surface area contributed by atoms with Gasteiger partial charge in [-0.1, -0.05) is 11.6 Å². The van der Waals surface area contributed by atoms with Gasteiger partial charge in [0.15, 0.2) is 0 Å². The van der Waals surface area contributed by atoms with E-state index < -0.39 is 28.7 Å². The molecule has 2 aromatic rings. The van der Waals surface area contributed by atoms with Crippen LogP contribution in [-0.4, -0.2) is 30.4 Å². The molecule has 1 aliphatic rings. The first-order chi connectivity index (χ1) is 15.0. The number of nitrogens with zero attached hydrogens (tertiary/aromatic N) is 1. The van der Waals surface area contributed by atoms with Crippen molar-refractivity contribution in [1.82, 2.24) is 4.90 Å². The highest BCUT2D eigenvalue weighted by Gasteiger charge is 2.33. The highest BCUT2D eigenvalue weighted by Crippen LogP contribution is 2.36. The van der Waals surface area contributed by atoms with Crippen LogP contribution in [0.25, 0.3) is 0 Å². The van der Waals surface area contributed by atoms with Gasteiger partial charge in [-0.3, -0.25) is 4.79 Å². The van der Waals surface area contributed by atoms with Gasteiger partial charge >= 0.3 is 12.2 Å². The van der Waals surface area contributed by atoms with Gasteiger partial charge in [-0.15, -0.1) is 0 Å². The summed E-state index contributed by atoms with van der Waals surface area (Å²) in [6.45, 7) is 0.449. The van der Waals surface area contributed by atoms with Crippen LogP contribution in [0.5, 0.6) is 5.75 Å². The molecule has 0 spiro atoms. The van der Waals surface area contributed by atoms with Crippen LogP contribution in [0.2, 0.25) is 5.02 Å². The molecular formula is C21H18ClF3N4O3. The maximum atomic E-state index is 12.9. The highest BCUT2D eigenvalue weighted by molar-refractivity contribution is 6.31. The molecule has 0 radical (unpaired) electrons. The standard InChI is InChI=1S/C21H18ClF3N4O3/c1-29-9-8-15(11-18(29)19(26)30)32-14-5-2-12(3-6-14)27-20(31)28-13-4-7-17(22)16(10-13)21(23,24)25/h2-8,10-11H,9H2,1H3,(H2,26,30)(H2,27,28,31). The number of ether oxygens (including phenoxy) is 1. The summed E-state index contributed by atoms with van der Waals surface area (Å²) in [6.07, 6.45) is -1.35. The number of hydrogen-bond donors (Lipinski definition) is 3. The van der Waals surface area contributed by atoms with Gasteiger partial charge in [-0.05, 0) is 48.5 Å². The molecule has 0 saturated carbocycles. The third-order valence-electron chi connectivity index (χ3n) is 4.39. The third-order valence-corrected chi connectivity index (χ3v) is 4.72. The summed E-state index contributed by atoms with van der Waals surface area (Å²) >= 11 is 5.57. The molecule has 3 rings (SSSR count). The summed E-state index contributed by atoms with van der Waals surface area (Å²) in [5.74, 6) is 0.313. The van der Waals surface area contributed by atoms with Crippen LogP contribution >= 0.6 is 11.6 Å². The van der Waals surface area contributed by atoms with Crippen LogP contribution in [0, 0.1) is 0 Å². The molecule has 4 N–H and O–H groups in total. The van der Waals surface area contributed by atoms with Gasteiger partial charge in [0.05, 0.1) is 10.6 Å². The number of amides is 3. The number of carbonyl (C=O) groups excluding carboxylic acids is 2. The molecule has 32 heavy (non-hydrogen) atoms. The number of alkyl halides is 3. The lowest BCUT2D eigenvalue weighted by Gasteiger charge is -2.23. The second-order valence-corrected chi connectivity index (χ2v) is 7.19. The number of primary amides is 1. The first-order valence-electron chi connectivity index (χ1n) is 9.18. The van der Waals surface area contributed by atoms with E-state index in [2.05, 4.69) is 10.6 Å². The Hall–Kier alpha value is -3.66. The summed E-state index contributed by atoms with van der Waals surface area (Å²) in [4.78, 5) is 25.3. The fraction of sp³-hybridized carbons (Fsp3) is 0.143. The van der Waals surface area contributed by atoms with Crippen LogP contribution in [0.15, 0.2) is 66.1 Å². The maximum absolute atomic E-state index is 12.9. The molecule has 0 bridgehead atoms. The van der Waals surface area contributed by atoms with E-state index in [1.54, 1.807) is 42.3 Å². The quantitative estimate of drug-likeness (QED) is 0.601. The zero-order chi connectivity index (χ0) is 23.5. The van der Waals surface area contributed by atoms with Gasteiger partial charge in [0.1, 0.15) is 17.2 Å². The molecule has 0 saturated heterocycles. The predicted octanol–water partition coefficient (Wildman–Crippen LogP) is 4.58. The molecule has 1 aliphatic heterocycles. The van der Waals surface area contributed by atoms with Gasteiger partial charge in [0.25, 0.3) is 5.91 Å². The number of anilines is 2. The van der Waals surface area contributed by atoms with Gasteiger partial charge in [-0.2, -0.15) is 13.2 Å². The van der Waals surface area contributed by atoms with Gasteiger partial charge < -0.3 is 26.0 Å². The van der Waals surface area contributed by atoms with Crippen molar-refractivity contribution in [3.63, 3.8) is 0 Å². The molecular weight excluding hydrogens is 449 g/mol. The molecule has 0 aliphatic carbocycles. The number of halogens is 4. The molecule has 0 aromatic heterocycles. The lowest BCUT2D eigenvalue weighted by molar-refractivity contribution is -0.137. The largest absolute Gasteiger partial charge is 0.458 e. The number of benzene rings is 2. The third kappa shape index (κ3) is 5.73. The minimum atomic E-state index is -4.64. The Balaban J connectivity index is 1.62. The Kier molecular flexibility index (Phi) is 6.64. The van der Waals surface area contributed by atoms with Crippen molar-refractivity contribution in [3.8, 4) is 5.75 Å². The van der Waals surface area contributed by atoms with E-state index in [1.807, 2.05) is 0 Å². The lowest BCUT2D eigenvalue weighted by Crippen LogP contribution is -2.31. The van der Waals surface area contributed by atoms with Crippen molar-refractivity contribution < 1.29 is 27.5 Å². The second-order valence-electron chi connectivity index (χ2n) is 6.78. The Bertz CT molecular complexity index is 1100. The normalized spacial score (nSPS) is 13.7. The molecule has 0 unspecified atom stereocenters. The summed E-state index contributed by atoms with van der Waals surface area (Å²) in [7, 11) is 1.73. The van der Waals surface area contributed by atoms with E-state index in [0.717, 1.165) is 12.1 Å². The summed E-state index contributed by atoms with van der Waals surface area (Å²) < 4.78 is 44.5. The zero-order valence-corrected chi connectivity index (χ0v) is 17.4. The van der Waals surface area contributed by atoms with E-state index in [4.69, 9.17) is 22.1 Å². The fourth-order valence-electron chi connectivity index (χ4n) is 2.82. The Morgan fingerprint density at radius 1 is 1.09 bits per heavy atom. The number of allylic oxidation sites excluding steroid dienone is 1. The number of hydrogen-bond acceptors (Lipinski definition) is 4. The first kappa shape index (κ1) is 23.0. The molecule has 7 nitrogen and oxygen atoms in total. The highest BCUT2D eigenvalue weighted by atomic mass is 35.5. The van der Waals surface area contributed by atoms with Crippen molar-refractivity contribution in [2.24, 2.45) is 5.73 Å². The van der Waals surface area contributed by atoms with Crippen LogP contribution < -0.4 is 21.1 Å². The lowest BCUT2D eigenvalue weighted by atomic mass is 10.2. The van der Waals surface area contributed by atoms with Crippen molar-refractivity contribution in [2.45, 2.75) is 6.18 Å². The van der Waals surface area contributed by atoms with E-state index in [-0.39, 0.29) is 5.69 Å². The Morgan fingerprint density at radius 2 is 1.72 bits per heavy atom. The number of urea groups is 1. The van der Waals surface area contributed by atoms with Crippen molar-refractivity contribution >= 4 is 34.9 Å². The molecule has 168 valence electrons. The van der Waals surface area contributed by atoms with Crippen LogP contribution in [0.1, 0.15) is 5.56 Å². The fourth-order valence-corrected chi connectivity index (χ4v) is 3.04. The average molecular weight is 467 g/mol. The second kappa shape index (κ2) is 9.23. The SMILES string of the molecule is CN1CC=C(Oc2ccc(NC(=O)Nc3ccc(Cl)c(C(F)(F)F)c3)cc2)C=C1C(N)=O. The smallest absolute Gasteiger partial charge is 0.417 e. The Labute approximate surface area is 186 Å².